The monoisotopic (exact) mass is 248 g/mol. The van der Waals surface area contributed by atoms with Gasteiger partial charge in [-0.2, -0.15) is 0 Å². The lowest BCUT2D eigenvalue weighted by molar-refractivity contribution is 0.301. The Morgan fingerprint density at radius 1 is 1.33 bits per heavy atom. The number of anilines is 2. The topological polar surface area (TPSA) is 61.3 Å². The van der Waals surface area contributed by atoms with Crippen LogP contribution in [-0.2, 0) is 0 Å². The van der Waals surface area contributed by atoms with Crippen LogP contribution in [0.2, 0.25) is 0 Å². The lowest BCUT2D eigenvalue weighted by Crippen LogP contribution is -2.30. The van der Waals surface area contributed by atoms with Gasteiger partial charge >= 0.3 is 0 Å². The maximum absolute atomic E-state index is 9.19. The van der Waals surface area contributed by atoms with Crippen molar-refractivity contribution < 1.29 is 5.11 Å². The van der Waals surface area contributed by atoms with E-state index in [0.717, 1.165) is 17.5 Å². The number of rotatable bonds is 6. The molecule has 3 rings (SSSR count). The number of nitrogens with zero attached hydrogens (tertiary/aromatic N) is 3. The quantitative estimate of drug-likeness (QED) is 0.796. The summed E-state index contributed by atoms with van der Waals surface area (Å²) in [4.78, 5) is 11.4. The second-order valence-corrected chi connectivity index (χ2v) is 5.14. The second kappa shape index (κ2) is 4.72. The maximum atomic E-state index is 9.19. The molecule has 0 aliphatic heterocycles. The predicted octanol–water partition coefficient (Wildman–Crippen LogP) is 1.36. The number of nitrogens with one attached hydrogen (secondary N) is 1. The molecule has 5 nitrogen and oxygen atoms in total. The summed E-state index contributed by atoms with van der Waals surface area (Å²) < 4.78 is 0. The molecule has 1 heterocycles. The van der Waals surface area contributed by atoms with E-state index in [1.807, 2.05) is 13.1 Å². The van der Waals surface area contributed by atoms with Crippen molar-refractivity contribution in [3.8, 4) is 0 Å². The molecule has 18 heavy (non-hydrogen) atoms. The van der Waals surface area contributed by atoms with E-state index < -0.39 is 0 Å². The average Bonchev–Trinajstić information content (AvgIpc) is 3.27. The highest BCUT2D eigenvalue weighted by Gasteiger charge is 2.32. The van der Waals surface area contributed by atoms with Gasteiger partial charge in [-0.3, -0.25) is 0 Å². The van der Waals surface area contributed by atoms with Crippen molar-refractivity contribution in [3.05, 3.63) is 11.9 Å². The van der Waals surface area contributed by atoms with Gasteiger partial charge in [-0.1, -0.05) is 0 Å². The molecular weight excluding hydrogens is 228 g/mol. The van der Waals surface area contributed by atoms with Gasteiger partial charge in [0.1, 0.15) is 17.5 Å². The Bertz CT molecular complexity index is 429. The zero-order chi connectivity index (χ0) is 12.5. The highest BCUT2D eigenvalue weighted by atomic mass is 16.3. The fraction of sp³-hybridized carbons (Fsp3) is 0.692. The van der Waals surface area contributed by atoms with Crippen molar-refractivity contribution in [3.63, 3.8) is 0 Å². The van der Waals surface area contributed by atoms with Crippen LogP contribution in [0.15, 0.2) is 6.07 Å². The normalized spacial score (nSPS) is 18.8. The van der Waals surface area contributed by atoms with Gasteiger partial charge in [-0.05, 0) is 25.7 Å². The van der Waals surface area contributed by atoms with Crippen LogP contribution in [0.5, 0.6) is 0 Å². The Morgan fingerprint density at radius 2 is 2.11 bits per heavy atom. The van der Waals surface area contributed by atoms with Crippen LogP contribution in [0, 0.1) is 0 Å². The number of aromatic nitrogens is 2. The van der Waals surface area contributed by atoms with Gasteiger partial charge in [0.15, 0.2) is 0 Å². The van der Waals surface area contributed by atoms with Gasteiger partial charge < -0.3 is 15.3 Å². The van der Waals surface area contributed by atoms with E-state index >= 15 is 0 Å². The first-order valence-electron chi connectivity index (χ1n) is 6.76. The average molecular weight is 248 g/mol. The lowest BCUT2D eigenvalue weighted by Gasteiger charge is -2.23. The number of hydrogen-bond acceptors (Lipinski definition) is 5. The second-order valence-electron chi connectivity index (χ2n) is 5.14. The van der Waals surface area contributed by atoms with E-state index in [9.17, 15) is 5.11 Å². The molecule has 1 aromatic rings. The van der Waals surface area contributed by atoms with Crippen LogP contribution >= 0.6 is 0 Å². The van der Waals surface area contributed by atoms with Gasteiger partial charge in [0.2, 0.25) is 0 Å². The minimum Gasteiger partial charge on any atom is -0.395 e. The highest BCUT2D eigenvalue weighted by molar-refractivity contribution is 5.51. The minimum atomic E-state index is 0.175. The first kappa shape index (κ1) is 11.7. The predicted molar refractivity (Wildman–Crippen MR) is 71.0 cm³/mol. The third-order valence-electron chi connectivity index (χ3n) is 3.55. The summed E-state index contributed by atoms with van der Waals surface area (Å²) in [6, 6.07) is 2.55. The van der Waals surface area contributed by atoms with Gasteiger partial charge in [0.25, 0.3) is 0 Å². The molecule has 0 atom stereocenters. The number of aliphatic hydroxyl groups is 1. The van der Waals surface area contributed by atoms with Crippen molar-refractivity contribution in [1.29, 1.82) is 0 Å². The van der Waals surface area contributed by atoms with Crippen LogP contribution < -0.4 is 10.2 Å². The molecule has 0 aromatic carbocycles. The maximum Gasteiger partial charge on any atom is 0.136 e. The highest BCUT2D eigenvalue weighted by Crippen LogP contribution is 2.40. The van der Waals surface area contributed by atoms with Gasteiger partial charge in [-0.25, -0.2) is 9.97 Å². The molecule has 0 amide bonds. The zero-order valence-corrected chi connectivity index (χ0v) is 10.8. The van der Waals surface area contributed by atoms with Crippen LogP contribution in [0.3, 0.4) is 0 Å². The summed E-state index contributed by atoms with van der Waals surface area (Å²) in [6.45, 7) is 0.836. The Kier molecular flexibility index (Phi) is 3.07. The first-order valence-corrected chi connectivity index (χ1v) is 6.76. The van der Waals surface area contributed by atoms with E-state index in [0.29, 0.717) is 18.5 Å². The van der Waals surface area contributed by atoms with Crippen molar-refractivity contribution in [2.75, 3.05) is 30.4 Å². The van der Waals surface area contributed by atoms with Crippen LogP contribution in [0.25, 0.3) is 0 Å². The molecule has 2 saturated carbocycles. The fourth-order valence-electron chi connectivity index (χ4n) is 2.23. The Hall–Kier alpha value is -1.36. The Labute approximate surface area is 107 Å². The third kappa shape index (κ3) is 2.41. The lowest BCUT2D eigenvalue weighted by atomic mass is 10.3. The summed E-state index contributed by atoms with van der Waals surface area (Å²) >= 11 is 0. The standard InChI is InChI=1S/C13H20N4O/c1-14-11-8-12(16-13(15-11)9-2-3-9)17(6-7-18)10-4-5-10/h8-10,18H,2-7H2,1H3,(H,14,15,16). The molecule has 2 aliphatic rings. The summed E-state index contributed by atoms with van der Waals surface area (Å²) in [5.74, 6) is 3.35. The summed E-state index contributed by atoms with van der Waals surface area (Å²) in [5, 5.41) is 12.3. The summed E-state index contributed by atoms with van der Waals surface area (Å²) in [7, 11) is 1.89. The summed E-state index contributed by atoms with van der Waals surface area (Å²) in [5.41, 5.74) is 0. The molecule has 0 spiro atoms. The molecule has 1 aromatic heterocycles. The van der Waals surface area contributed by atoms with E-state index in [4.69, 9.17) is 0 Å². The molecule has 5 heteroatoms. The van der Waals surface area contributed by atoms with Crippen molar-refractivity contribution in [1.82, 2.24) is 9.97 Å². The van der Waals surface area contributed by atoms with Crippen LogP contribution in [-0.4, -0.2) is 41.3 Å². The third-order valence-corrected chi connectivity index (χ3v) is 3.55. The van der Waals surface area contributed by atoms with Crippen molar-refractivity contribution in [2.45, 2.75) is 37.6 Å². The van der Waals surface area contributed by atoms with E-state index in [1.54, 1.807) is 0 Å². The van der Waals surface area contributed by atoms with Gasteiger partial charge in [0.05, 0.1) is 6.61 Å². The van der Waals surface area contributed by atoms with E-state index in [2.05, 4.69) is 20.2 Å². The van der Waals surface area contributed by atoms with E-state index in [1.165, 1.54) is 25.7 Å². The number of hydrogen-bond donors (Lipinski definition) is 2. The molecule has 2 fully saturated rings. The van der Waals surface area contributed by atoms with Crippen molar-refractivity contribution >= 4 is 11.6 Å². The molecular formula is C13H20N4O. The molecule has 2 N–H and O–H groups in total. The Balaban J connectivity index is 1.90. The number of aliphatic hydroxyl groups excluding tert-OH is 1. The van der Waals surface area contributed by atoms with Crippen LogP contribution in [0.4, 0.5) is 11.6 Å². The smallest absolute Gasteiger partial charge is 0.136 e. The van der Waals surface area contributed by atoms with Gasteiger partial charge in [0, 0.05) is 31.6 Å². The molecule has 0 unspecified atom stereocenters. The Morgan fingerprint density at radius 3 is 2.67 bits per heavy atom. The molecule has 98 valence electrons. The molecule has 2 aliphatic carbocycles. The zero-order valence-electron chi connectivity index (χ0n) is 10.8. The SMILES string of the molecule is CNc1cc(N(CCO)C2CC2)nc(C2CC2)n1. The fourth-order valence-corrected chi connectivity index (χ4v) is 2.23. The largest absolute Gasteiger partial charge is 0.395 e. The summed E-state index contributed by atoms with van der Waals surface area (Å²) in [6.07, 6.45) is 4.82. The van der Waals surface area contributed by atoms with Crippen molar-refractivity contribution in [2.24, 2.45) is 0 Å². The molecule has 0 saturated heterocycles. The van der Waals surface area contributed by atoms with Crippen LogP contribution in [0.1, 0.15) is 37.4 Å². The van der Waals surface area contributed by atoms with E-state index in [-0.39, 0.29) is 6.61 Å². The molecule has 0 bridgehead atoms. The first-order chi connectivity index (χ1) is 8.81. The molecule has 0 radical (unpaired) electrons. The van der Waals surface area contributed by atoms with Gasteiger partial charge in [-0.15, -0.1) is 0 Å². The minimum absolute atomic E-state index is 0.175.